The van der Waals surface area contributed by atoms with Gasteiger partial charge in [0.1, 0.15) is 13.2 Å². The van der Waals surface area contributed by atoms with E-state index < -0.39 is 22.5 Å². The zero-order chi connectivity index (χ0) is 27.7. The van der Waals surface area contributed by atoms with Crippen LogP contribution in [0.25, 0.3) is 0 Å². The van der Waals surface area contributed by atoms with Crippen molar-refractivity contribution in [3.8, 4) is 11.5 Å². The summed E-state index contributed by atoms with van der Waals surface area (Å²) in [6, 6.07) is 29.2. The molecule has 0 saturated carbocycles. The summed E-state index contributed by atoms with van der Waals surface area (Å²) in [6.45, 7) is -0.150. The monoisotopic (exact) mass is 563 g/mol. The highest BCUT2D eigenvalue weighted by Gasteiger charge is 2.28. The Morgan fingerprint density at radius 1 is 0.923 bits per heavy atom. The predicted molar refractivity (Wildman–Crippen MR) is 152 cm³/mol. The molecule has 4 rings (SSSR count). The van der Waals surface area contributed by atoms with E-state index in [-0.39, 0.29) is 15.6 Å². The predicted octanol–water partition coefficient (Wildman–Crippen LogP) is 5.27. The van der Waals surface area contributed by atoms with Crippen molar-refractivity contribution in [2.45, 2.75) is 11.5 Å². The number of nitrogens with one attached hydrogen (secondary N) is 1. The molecule has 0 bridgehead atoms. The average molecular weight is 564 g/mol. The van der Waals surface area contributed by atoms with E-state index in [1.54, 1.807) is 54.6 Å². The number of hydrogen-bond acceptors (Lipinski definition) is 6. The highest BCUT2D eigenvalue weighted by atomic mass is 35.5. The van der Waals surface area contributed by atoms with Crippen LogP contribution in [0.5, 0.6) is 11.5 Å². The fourth-order valence-electron chi connectivity index (χ4n) is 3.64. The lowest BCUT2D eigenvalue weighted by atomic mass is 10.2. The molecule has 4 aromatic rings. The molecule has 0 atom stereocenters. The fourth-order valence-corrected chi connectivity index (χ4v) is 5.39. The van der Waals surface area contributed by atoms with Gasteiger partial charge in [0.05, 0.1) is 28.9 Å². The van der Waals surface area contributed by atoms with Crippen LogP contribution in [0.2, 0.25) is 5.02 Å². The van der Waals surface area contributed by atoms with Crippen molar-refractivity contribution in [2.24, 2.45) is 5.10 Å². The number of methoxy groups -OCH3 is 1. The van der Waals surface area contributed by atoms with Crippen LogP contribution in [0.1, 0.15) is 11.1 Å². The van der Waals surface area contributed by atoms with Crippen molar-refractivity contribution >= 4 is 39.4 Å². The molecule has 0 aliphatic rings. The molecular formula is C29H26ClN3O5S. The first-order valence-corrected chi connectivity index (χ1v) is 13.7. The van der Waals surface area contributed by atoms with E-state index in [2.05, 4.69) is 10.5 Å². The summed E-state index contributed by atoms with van der Waals surface area (Å²) < 4.78 is 39.0. The number of hydrogen-bond donors (Lipinski definition) is 1. The number of sulfonamides is 1. The molecule has 0 saturated heterocycles. The number of carbonyl (C=O) groups excluding carboxylic acids is 1. The minimum atomic E-state index is -4.08. The Morgan fingerprint density at radius 3 is 2.28 bits per heavy atom. The van der Waals surface area contributed by atoms with Crippen LogP contribution in [0.15, 0.2) is 113 Å². The molecule has 39 heavy (non-hydrogen) atoms. The summed E-state index contributed by atoms with van der Waals surface area (Å²) in [5.41, 5.74) is 4.22. The van der Waals surface area contributed by atoms with E-state index in [1.807, 2.05) is 30.3 Å². The number of nitrogens with zero attached hydrogens (tertiary/aromatic N) is 2. The molecule has 8 nitrogen and oxygen atoms in total. The number of hydrazone groups is 1. The van der Waals surface area contributed by atoms with E-state index in [0.29, 0.717) is 23.7 Å². The van der Waals surface area contributed by atoms with Gasteiger partial charge >= 0.3 is 0 Å². The van der Waals surface area contributed by atoms with Gasteiger partial charge in [-0.25, -0.2) is 13.8 Å². The van der Waals surface area contributed by atoms with E-state index >= 15 is 0 Å². The normalized spacial score (nSPS) is 11.2. The first kappa shape index (κ1) is 27.7. The Hall–Kier alpha value is -4.34. The van der Waals surface area contributed by atoms with Gasteiger partial charge in [0, 0.05) is 0 Å². The first-order chi connectivity index (χ1) is 18.9. The Balaban J connectivity index is 1.46. The molecular weight excluding hydrogens is 538 g/mol. The standard InChI is InChI=1S/C29H26ClN3O5S/c1-37-28-18-23(16-17-27(28)38-21-22-10-4-2-5-11-22)19-31-32-29(34)20-33(26-15-9-8-14-25(26)30)39(35,36)24-12-6-3-7-13-24/h2-19H,20-21H2,1H3,(H,32,34)/b31-19+. The third kappa shape index (κ3) is 7.16. The minimum Gasteiger partial charge on any atom is -0.493 e. The van der Waals surface area contributed by atoms with Gasteiger partial charge in [-0.05, 0) is 53.6 Å². The second-order valence-corrected chi connectivity index (χ2v) is 10.5. The number of halogens is 1. The second kappa shape index (κ2) is 12.9. The Kier molecular flexibility index (Phi) is 9.19. The molecule has 0 radical (unpaired) electrons. The largest absolute Gasteiger partial charge is 0.493 e. The van der Waals surface area contributed by atoms with E-state index in [9.17, 15) is 13.2 Å². The lowest BCUT2D eigenvalue weighted by Gasteiger charge is -2.24. The van der Waals surface area contributed by atoms with E-state index in [4.69, 9.17) is 21.1 Å². The fraction of sp³-hybridized carbons (Fsp3) is 0.103. The van der Waals surface area contributed by atoms with Crippen LogP contribution < -0.4 is 19.2 Å². The number of ether oxygens (including phenoxy) is 2. The molecule has 200 valence electrons. The van der Waals surface area contributed by atoms with Crippen LogP contribution in [0, 0.1) is 0 Å². The summed E-state index contributed by atoms with van der Waals surface area (Å²) in [5, 5.41) is 4.18. The molecule has 1 N–H and O–H groups in total. The van der Waals surface area contributed by atoms with E-state index in [1.165, 1.54) is 31.5 Å². The van der Waals surface area contributed by atoms with Crippen LogP contribution in [0.3, 0.4) is 0 Å². The molecule has 0 aliphatic heterocycles. The minimum absolute atomic E-state index is 0.0305. The zero-order valence-corrected chi connectivity index (χ0v) is 22.6. The summed E-state index contributed by atoms with van der Waals surface area (Å²) in [7, 11) is -2.55. The number of para-hydroxylation sites is 1. The third-order valence-corrected chi connectivity index (χ3v) is 7.66. The molecule has 0 fully saturated rings. The summed E-state index contributed by atoms with van der Waals surface area (Å²) in [4.78, 5) is 12.8. The number of benzene rings is 4. The number of carbonyl (C=O) groups is 1. The molecule has 1 amide bonds. The first-order valence-electron chi connectivity index (χ1n) is 11.9. The number of amides is 1. The Morgan fingerprint density at radius 2 is 1.59 bits per heavy atom. The number of anilines is 1. The topological polar surface area (TPSA) is 97.3 Å². The second-order valence-electron chi connectivity index (χ2n) is 8.25. The third-order valence-electron chi connectivity index (χ3n) is 5.57. The molecule has 10 heteroatoms. The maximum atomic E-state index is 13.4. The summed E-state index contributed by atoms with van der Waals surface area (Å²) in [5.74, 6) is 0.407. The zero-order valence-electron chi connectivity index (χ0n) is 21.0. The van der Waals surface area contributed by atoms with Gasteiger partial charge in [-0.3, -0.25) is 9.10 Å². The molecule has 0 spiro atoms. The lowest BCUT2D eigenvalue weighted by molar-refractivity contribution is -0.119. The SMILES string of the molecule is COc1cc(/C=N/NC(=O)CN(c2ccccc2Cl)S(=O)(=O)c2ccccc2)ccc1OCc1ccccc1. The van der Waals surface area contributed by atoms with Gasteiger partial charge in [0.2, 0.25) is 0 Å². The van der Waals surface area contributed by atoms with Crippen molar-refractivity contribution in [3.05, 3.63) is 119 Å². The Labute approximate surface area is 232 Å². The summed E-state index contributed by atoms with van der Waals surface area (Å²) >= 11 is 6.29. The quantitative estimate of drug-likeness (QED) is 0.198. The van der Waals surface area contributed by atoms with Crippen LogP contribution in [-0.4, -0.2) is 34.2 Å². The molecule has 0 unspecified atom stereocenters. The Bertz CT molecular complexity index is 1550. The van der Waals surface area contributed by atoms with Crippen LogP contribution in [-0.2, 0) is 21.4 Å². The highest BCUT2D eigenvalue weighted by Crippen LogP contribution is 2.30. The maximum Gasteiger partial charge on any atom is 0.264 e. The van der Waals surface area contributed by atoms with Gasteiger partial charge in [-0.2, -0.15) is 5.10 Å². The van der Waals surface area contributed by atoms with Crippen molar-refractivity contribution in [1.82, 2.24) is 5.43 Å². The summed E-state index contributed by atoms with van der Waals surface area (Å²) in [6.07, 6.45) is 1.42. The highest BCUT2D eigenvalue weighted by molar-refractivity contribution is 7.92. The van der Waals surface area contributed by atoms with Gasteiger partial charge in [-0.1, -0.05) is 72.3 Å². The lowest BCUT2D eigenvalue weighted by Crippen LogP contribution is -2.39. The van der Waals surface area contributed by atoms with Gasteiger partial charge in [0.25, 0.3) is 15.9 Å². The van der Waals surface area contributed by atoms with Crippen molar-refractivity contribution < 1.29 is 22.7 Å². The average Bonchev–Trinajstić information content (AvgIpc) is 2.96. The van der Waals surface area contributed by atoms with Gasteiger partial charge < -0.3 is 9.47 Å². The maximum absolute atomic E-state index is 13.4. The van der Waals surface area contributed by atoms with Crippen LogP contribution >= 0.6 is 11.6 Å². The van der Waals surface area contributed by atoms with Crippen molar-refractivity contribution in [2.75, 3.05) is 18.0 Å². The molecule has 4 aromatic carbocycles. The molecule has 0 aliphatic carbocycles. The van der Waals surface area contributed by atoms with Gasteiger partial charge in [0.15, 0.2) is 11.5 Å². The molecule has 0 heterocycles. The van der Waals surface area contributed by atoms with Crippen molar-refractivity contribution in [3.63, 3.8) is 0 Å². The molecule has 0 aromatic heterocycles. The van der Waals surface area contributed by atoms with E-state index in [0.717, 1.165) is 9.87 Å². The smallest absolute Gasteiger partial charge is 0.264 e. The number of rotatable bonds is 11. The van der Waals surface area contributed by atoms with Gasteiger partial charge in [-0.15, -0.1) is 0 Å². The van der Waals surface area contributed by atoms with Crippen LogP contribution in [0.4, 0.5) is 5.69 Å². The van der Waals surface area contributed by atoms with Crippen molar-refractivity contribution in [1.29, 1.82) is 0 Å².